The van der Waals surface area contributed by atoms with Gasteiger partial charge in [0.1, 0.15) is 5.75 Å². The number of amides is 2. The SMILES string of the molecule is C.CC/C=C\C/C=C\C/C=C\C/C=C\C/C=C\C/C=C\CCC(=O)NCCOCCNC(=O)c1ccccc1O. The number of nitrogens with one attached hydrogen (secondary N) is 2. The first-order chi connectivity index (χ1) is 19.1. The van der Waals surface area contributed by atoms with E-state index in [1.165, 1.54) is 6.07 Å². The molecule has 1 rings (SSSR count). The molecule has 0 atom stereocenters. The predicted molar refractivity (Wildman–Crippen MR) is 168 cm³/mol. The van der Waals surface area contributed by atoms with E-state index in [2.05, 4.69) is 84.4 Å². The van der Waals surface area contributed by atoms with Gasteiger partial charge in [-0.3, -0.25) is 9.59 Å². The van der Waals surface area contributed by atoms with E-state index in [1.807, 2.05) is 6.08 Å². The van der Waals surface area contributed by atoms with Crippen LogP contribution in [0.3, 0.4) is 0 Å². The molecule has 40 heavy (non-hydrogen) atoms. The average molecular weight is 551 g/mol. The first kappa shape index (κ1) is 36.4. The van der Waals surface area contributed by atoms with Crippen molar-refractivity contribution in [1.82, 2.24) is 10.6 Å². The summed E-state index contributed by atoms with van der Waals surface area (Å²) >= 11 is 0. The molecule has 1 aromatic rings. The van der Waals surface area contributed by atoms with Gasteiger partial charge in [0, 0.05) is 19.5 Å². The third-order valence-electron chi connectivity index (χ3n) is 5.38. The molecule has 0 saturated carbocycles. The summed E-state index contributed by atoms with van der Waals surface area (Å²) in [6.07, 6.45) is 33.0. The lowest BCUT2D eigenvalue weighted by atomic mass is 10.2. The van der Waals surface area contributed by atoms with E-state index in [0.717, 1.165) is 38.5 Å². The quantitative estimate of drug-likeness (QED) is 0.110. The first-order valence-electron chi connectivity index (χ1n) is 14.0. The molecule has 0 bridgehead atoms. The summed E-state index contributed by atoms with van der Waals surface area (Å²) in [5.41, 5.74) is 0.233. The fourth-order valence-corrected chi connectivity index (χ4v) is 3.30. The number of aromatic hydroxyl groups is 1. The third kappa shape index (κ3) is 21.3. The highest BCUT2D eigenvalue weighted by Crippen LogP contribution is 2.14. The van der Waals surface area contributed by atoms with Gasteiger partial charge in [0.25, 0.3) is 5.91 Å². The molecule has 0 aliphatic rings. The van der Waals surface area contributed by atoms with E-state index in [1.54, 1.807) is 18.2 Å². The Labute approximate surface area is 242 Å². The average Bonchev–Trinajstić information content (AvgIpc) is 2.94. The predicted octanol–water partition coefficient (Wildman–Crippen LogP) is 7.37. The van der Waals surface area contributed by atoms with Crippen LogP contribution in [0.25, 0.3) is 0 Å². The van der Waals surface area contributed by atoms with Crippen molar-refractivity contribution in [3.8, 4) is 5.75 Å². The lowest BCUT2D eigenvalue weighted by Crippen LogP contribution is -2.30. The van der Waals surface area contributed by atoms with Crippen LogP contribution in [0.1, 0.15) is 76.1 Å². The molecule has 0 aromatic heterocycles. The van der Waals surface area contributed by atoms with Crippen LogP contribution in [0.5, 0.6) is 5.75 Å². The number of phenolic OH excluding ortho intramolecular Hbond substituents is 1. The minimum absolute atomic E-state index is 0. The van der Waals surface area contributed by atoms with Crippen molar-refractivity contribution in [3.63, 3.8) is 0 Å². The topological polar surface area (TPSA) is 87.7 Å². The lowest BCUT2D eigenvalue weighted by molar-refractivity contribution is -0.121. The maximum absolute atomic E-state index is 12.0. The van der Waals surface area contributed by atoms with E-state index < -0.39 is 0 Å². The molecule has 6 heteroatoms. The van der Waals surface area contributed by atoms with Crippen molar-refractivity contribution in [1.29, 1.82) is 0 Å². The highest BCUT2D eigenvalue weighted by Gasteiger charge is 2.08. The fraction of sp³-hybridized carbons (Fsp3) is 0.412. The summed E-state index contributed by atoms with van der Waals surface area (Å²) in [5, 5.41) is 15.2. The molecule has 220 valence electrons. The van der Waals surface area contributed by atoms with E-state index in [0.29, 0.717) is 39.1 Å². The molecule has 0 spiro atoms. The Morgan fingerprint density at radius 2 is 1.20 bits per heavy atom. The molecule has 3 N–H and O–H groups in total. The molecule has 1 aromatic carbocycles. The standard InChI is InChI=1S/C33H46N2O4.CH4/c1-2-3-4-5-6-7-8-9-10-11-12-13-14-15-16-17-18-19-20-25-32(37)34-26-28-39-29-27-35-33(38)30-23-21-22-24-31(30)36;/h3-4,6-7,9-10,12-13,15-16,18-19,21-24,36H,2,5,8,11,14,17,20,25-29H2,1H3,(H,34,37)(H,35,38);1H4/b4-3-,7-6-,10-9-,13-12-,16-15-,19-18-;. The Balaban J connectivity index is 0.0000152. The Hall–Kier alpha value is -3.64. The zero-order valence-electron chi connectivity index (χ0n) is 23.4. The van der Waals surface area contributed by atoms with Crippen molar-refractivity contribution >= 4 is 11.8 Å². The summed E-state index contributed by atoms with van der Waals surface area (Å²) in [6.45, 7) is 3.60. The smallest absolute Gasteiger partial charge is 0.255 e. The Kier molecular flexibility index (Phi) is 24.5. The maximum atomic E-state index is 12.0. The largest absolute Gasteiger partial charge is 0.507 e. The van der Waals surface area contributed by atoms with E-state index in [9.17, 15) is 14.7 Å². The molecular formula is C34H50N2O4. The Morgan fingerprint density at radius 1 is 0.725 bits per heavy atom. The van der Waals surface area contributed by atoms with Crippen molar-refractivity contribution in [2.24, 2.45) is 0 Å². The van der Waals surface area contributed by atoms with Crippen LogP contribution in [-0.4, -0.2) is 43.2 Å². The summed E-state index contributed by atoms with van der Waals surface area (Å²) in [5.74, 6) is -0.409. The van der Waals surface area contributed by atoms with Crippen molar-refractivity contribution < 1.29 is 19.4 Å². The number of ether oxygens (including phenoxy) is 1. The second kappa shape index (κ2) is 26.9. The monoisotopic (exact) mass is 550 g/mol. The highest BCUT2D eigenvalue weighted by molar-refractivity contribution is 5.96. The number of allylic oxidation sites excluding steroid dienone is 12. The maximum Gasteiger partial charge on any atom is 0.255 e. The number of rotatable bonds is 21. The number of carbonyl (C=O) groups is 2. The molecule has 6 nitrogen and oxygen atoms in total. The normalized spacial score (nSPS) is 11.9. The number of carbonyl (C=O) groups excluding carboxylic acids is 2. The number of benzene rings is 1. The van der Waals surface area contributed by atoms with Crippen LogP contribution in [0.15, 0.2) is 97.2 Å². The molecule has 0 saturated heterocycles. The zero-order chi connectivity index (χ0) is 28.2. The minimum Gasteiger partial charge on any atom is -0.507 e. The third-order valence-corrected chi connectivity index (χ3v) is 5.38. The van der Waals surface area contributed by atoms with Gasteiger partial charge in [0.2, 0.25) is 5.91 Å². The highest BCUT2D eigenvalue weighted by atomic mass is 16.5. The van der Waals surface area contributed by atoms with Crippen LogP contribution >= 0.6 is 0 Å². The molecule has 0 heterocycles. The van der Waals surface area contributed by atoms with Crippen LogP contribution in [-0.2, 0) is 9.53 Å². The second-order valence-corrected chi connectivity index (χ2v) is 8.69. The summed E-state index contributed by atoms with van der Waals surface area (Å²) < 4.78 is 5.42. The van der Waals surface area contributed by atoms with Crippen molar-refractivity contribution in [2.75, 3.05) is 26.3 Å². The van der Waals surface area contributed by atoms with Gasteiger partial charge in [-0.25, -0.2) is 0 Å². The Bertz CT molecular complexity index is 974. The van der Waals surface area contributed by atoms with Crippen LogP contribution in [0.4, 0.5) is 0 Å². The Morgan fingerprint density at radius 3 is 1.73 bits per heavy atom. The van der Waals surface area contributed by atoms with Gasteiger partial charge < -0.3 is 20.5 Å². The summed E-state index contributed by atoms with van der Waals surface area (Å²) in [6, 6.07) is 6.38. The zero-order valence-corrected chi connectivity index (χ0v) is 23.4. The molecular weight excluding hydrogens is 500 g/mol. The van der Waals surface area contributed by atoms with Gasteiger partial charge in [-0.2, -0.15) is 0 Å². The van der Waals surface area contributed by atoms with Gasteiger partial charge in [0.15, 0.2) is 0 Å². The number of para-hydroxylation sites is 1. The molecule has 0 fully saturated rings. The molecule has 0 radical (unpaired) electrons. The minimum atomic E-state index is -0.348. The molecule has 2 amide bonds. The number of phenols is 1. The fourth-order valence-electron chi connectivity index (χ4n) is 3.30. The van der Waals surface area contributed by atoms with E-state index >= 15 is 0 Å². The van der Waals surface area contributed by atoms with Crippen LogP contribution < -0.4 is 10.6 Å². The number of hydrogen-bond donors (Lipinski definition) is 3. The second-order valence-electron chi connectivity index (χ2n) is 8.69. The van der Waals surface area contributed by atoms with Gasteiger partial charge in [0.05, 0.1) is 18.8 Å². The molecule has 0 unspecified atom stereocenters. The van der Waals surface area contributed by atoms with E-state index in [4.69, 9.17) is 4.74 Å². The van der Waals surface area contributed by atoms with E-state index in [-0.39, 0.29) is 30.6 Å². The van der Waals surface area contributed by atoms with Gasteiger partial charge >= 0.3 is 0 Å². The van der Waals surface area contributed by atoms with Gasteiger partial charge in [-0.1, -0.05) is 99.4 Å². The first-order valence-corrected chi connectivity index (χ1v) is 14.0. The molecule has 0 aliphatic carbocycles. The lowest BCUT2D eigenvalue weighted by Gasteiger charge is -2.08. The number of hydrogen-bond acceptors (Lipinski definition) is 4. The van der Waals surface area contributed by atoms with Crippen LogP contribution in [0, 0.1) is 0 Å². The van der Waals surface area contributed by atoms with Crippen LogP contribution in [0.2, 0.25) is 0 Å². The van der Waals surface area contributed by atoms with Gasteiger partial charge in [-0.15, -0.1) is 0 Å². The summed E-state index contributed by atoms with van der Waals surface area (Å²) in [7, 11) is 0. The van der Waals surface area contributed by atoms with Crippen molar-refractivity contribution in [2.45, 2.75) is 65.7 Å². The summed E-state index contributed by atoms with van der Waals surface area (Å²) in [4.78, 5) is 23.8. The molecule has 0 aliphatic heterocycles. The van der Waals surface area contributed by atoms with Crippen molar-refractivity contribution in [3.05, 3.63) is 103 Å². The van der Waals surface area contributed by atoms with Gasteiger partial charge in [-0.05, 0) is 57.1 Å².